The molecule has 1 atom stereocenters. The van der Waals surface area contributed by atoms with Gasteiger partial charge in [-0.3, -0.25) is 4.79 Å². The van der Waals surface area contributed by atoms with Gasteiger partial charge < -0.3 is 10.1 Å². The van der Waals surface area contributed by atoms with Crippen molar-refractivity contribution < 1.29 is 13.5 Å². The number of sulfonamides is 1. The minimum atomic E-state index is -3.78. The fraction of sp³-hybridized carbons (Fsp3) is 0.375. The predicted octanol–water partition coefficient (Wildman–Crippen LogP) is -0.313. The first-order valence-electron chi connectivity index (χ1n) is 4.38. The van der Waals surface area contributed by atoms with Crippen molar-refractivity contribution in [3.8, 4) is 0 Å². The lowest BCUT2D eigenvalue weighted by Gasteiger charge is -2.11. The average molecular weight is 267 g/mol. The number of H-pyrrole nitrogens is 1. The van der Waals surface area contributed by atoms with Crippen molar-refractivity contribution in [2.45, 2.75) is 17.9 Å². The quantitative estimate of drug-likeness (QED) is 0.696. The number of nitrogens with one attached hydrogen (secondary N) is 2. The Hall–Kier alpha value is -0.890. The van der Waals surface area contributed by atoms with Gasteiger partial charge in [0.2, 0.25) is 10.0 Å². The normalized spacial score (nSPS) is 13.7. The lowest BCUT2D eigenvalue weighted by atomic mass is 10.4. The fourth-order valence-corrected chi connectivity index (χ4v) is 2.43. The third kappa shape index (κ3) is 3.05. The summed E-state index contributed by atoms with van der Waals surface area (Å²) >= 11 is 5.50. The van der Waals surface area contributed by atoms with Crippen molar-refractivity contribution >= 4 is 21.6 Å². The maximum Gasteiger partial charge on any atom is 0.266 e. The number of rotatable bonds is 4. The largest absolute Gasteiger partial charge is 0.395 e. The Morgan fingerprint density at radius 2 is 2.25 bits per heavy atom. The number of aliphatic hydroxyl groups is 1. The number of aromatic amines is 1. The third-order valence-electron chi connectivity index (χ3n) is 1.77. The minimum Gasteiger partial charge on any atom is -0.395 e. The molecule has 0 aromatic carbocycles. The molecular weight excluding hydrogens is 256 g/mol. The SMILES string of the molecule is C[C@@H](CO)NS(=O)(=O)c1c[nH]c(=O)c(Cl)c1. The zero-order valence-electron chi connectivity index (χ0n) is 8.40. The van der Waals surface area contributed by atoms with Gasteiger partial charge in [0.15, 0.2) is 0 Å². The predicted molar refractivity (Wildman–Crippen MR) is 58.9 cm³/mol. The molecule has 8 heteroatoms. The Morgan fingerprint density at radius 3 is 2.75 bits per heavy atom. The highest BCUT2D eigenvalue weighted by molar-refractivity contribution is 7.89. The molecule has 1 aromatic heterocycles. The summed E-state index contributed by atoms with van der Waals surface area (Å²) in [6.07, 6.45) is 1.04. The molecule has 0 amide bonds. The monoisotopic (exact) mass is 266 g/mol. The van der Waals surface area contributed by atoms with Gasteiger partial charge in [0.25, 0.3) is 5.56 Å². The summed E-state index contributed by atoms with van der Waals surface area (Å²) in [5.74, 6) is 0. The number of aromatic nitrogens is 1. The van der Waals surface area contributed by atoms with Crippen molar-refractivity contribution in [3.05, 3.63) is 27.6 Å². The van der Waals surface area contributed by atoms with Gasteiger partial charge >= 0.3 is 0 Å². The maximum atomic E-state index is 11.7. The van der Waals surface area contributed by atoms with E-state index in [9.17, 15) is 13.2 Å². The Kier molecular flexibility index (Phi) is 4.09. The lowest BCUT2D eigenvalue weighted by Crippen LogP contribution is -2.35. The molecule has 0 aliphatic carbocycles. The van der Waals surface area contributed by atoms with Gasteiger partial charge in [-0.2, -0.15) is 0 Å². The van der Waals surface area contributed by atoms with Crippen LogP contribution in [0.1, 0.15) is 6.92 Å². The van der Waals surface area contributed by atoms with E-state index in [2.05, 4.69) is 9.71 Å². The first-order chi connectivity index (χ1) is 7.36. The molecule has 1 heterocycles. The topological polar surface area (TPSA) is 99.3 Å². The average Bonchev–Trinajstić information content (AvgIpc) is 2.21. The van der Waals surface area contributed by atoms with Crippen molar-refractivity contribution in [3.63, 3.8) is 0 Å². The molecule has 90 valence electrons. The molecule has 0 spiro atoms. The van der Waals surface area contributed by atoms with Crippen molar-refractivity contribution in [1.29, 1.82) is 0 Å². The Bertz CT molecular complexity index is 525. The summed E-state index contributed by atoms with van der Waals surface area (Å²) in [5.41, 5.74) is -0.559. The number of aliphatic hydroxyl groups excluding tert-OH is 1. The van der Waals surface area contributed by atoms with Gasteiger partial charge in [-0.15, -0.1) is 0 Å². The first kappa shape index (κ1) is 13.2. The summed E-state index contributed by atoms with van der Waals surface area (Å²) in [7, 11) is -3.78. The number of hydrogen-bond donors (Lipinski definition) is 3. The van der Waals surface area contributed by atoms with Crippen LogP contribution in [0.3, 0.4) is 0 Å². The molecule has 0 saturated heterocycles. The van der Waals surface area contributed by atoms with Crippen LogP contribution in [0.2, 0.25) is 5.02 Å². The molecule has 1 rings (SSSR count). The number of hydrogen-bond acceptors (Lipinski definition) is 4. The van der Waals surface area contributed by atoms with Gasteiger partial charge in [0.1, 0.15) is 5.02 Å². The van der Waals surface area contributed by atoms with E-state index >= 15 is 0 Å². The van der Waals surface area contributed by atoms with Crippen LogP contribution in [0.5, 0.6) is 0 Å². The summed E-state index contributed by atoms with van der Waals surface area (Å²) in [6, 6.07) is 0.433. The Labute approximate surface area is 97.3 Å². The van der Waals surface area contributed by atoms with E-state index < -0.39 is 21.6 Å². The molecule has 0 aliphatic rings. The van der Waals surface area contributed by atoms with E-state index in [0.29, 0.717) is 0 Å². The van der Waals surface area contributed by atoms with Gasteiger partial charge in [-0.05, 0) is 13.0 Å². The van der Waals surface area contributed by atoms with Gasteiger partial charge in [-0.1, -0.05) is 11.6 Å². The summed E-state index contributed by atoms with van der Waals surface area (Å²) in [5, 5.41) is 8.52. The van der Waals surface area contributed by atoms with Crippen LogP contribution in [0.15, 0.2) is 22.0 Å². The molecule has 3 N–H and O–H groups in total. The van der Waals surface area contributed by atoms with Crippen molar-refractivity contribution in [2.24, 2.45) is 0 Å². The fourth-order valence-electron chi connectivity index (χ4n) is 0.963. The van der Waals surface area contributed by atoms with Crippen LogP contribution < -0.4 is 10.3 Å². The van der Waals surface area contributed by atoms with Crippen molar-refractivity contribution in [2.75, 3.05) is 6.61 Å². The second kappa shape index (κ2) is 4.96. The van der Waals surface area contributed by atoms with E-state index in [4.69, 9.17) is 16.7 Å². The minimum absolute atomic E-state index is 0.155. The van der Waals surface area contributed by atoms with Crippen LogP contribution >= 0.6 is 11.6 Å². The van der Waals surface area contributed by atoms with Crippen LogP contribution in [0, 0.1) is 0 Å². The maximum absolute atomic E-state index is 11.7. The zero-order valence-corrected chi connectivity index (χ0v) is 9.97. The molecule has 16 heavy (non-hydrogen) atoms. The summed E-state index contributed by atoms with van der Waals surface area (Å²) < 4.78 is 25.5. The van der Waals surface area contributed by atoms with Crippen molar-refractivity contribution in [1.82, 2.24) is 9.71 Å². The number of pyridine rings is 1. The van der Waals surface area contributed by atoms with Crippen LogP contribution in [0.25, 0.3) is 0 Å². The zero-order chi connectivity index (χ0) is 12.3. The molecule has 6 nitrogen and oxygen atoms in total. The molecular formula is C8H11ClN2O4S. The van der Waals surface area contributed by atoms with Gasteiger partial charge in [-0.25, -0.2) is 13.1 Å². The highest BCUT2D eigenvalue weighted by Crippen LogP contribution is 2.10. The van der Waals surface area contributed by atoms with E-state index in [-0.39, 0.29) is 16.5 Å². The summed E-state index contributed by atoms with van der Waals surface area (Å²) in [4.78, 5) is 13.0. The molecule has 0 radical (unpaired) electrons. The Morgan fingerprint density at radius 1 is 1.62 bits per heavy atom. The third-order valence-corrected chi connectivity index (χ3v) is 3.62. The molecule has 0 bridgehead atoms. The first-order valence-corrected chi connectivity index (χ1v) is 6.24. The van der Waals surface area contributed by atoms with E-state index in [1.807, 2.05) is 0 Å². The molecule has 0 fully saturated rings. The van der Waals surface area contributed by atoms with Gasteiger partial charge in [0, 0.05) is 12.2 Å². The van der Waals surface area contributed by atoms with E-state index in [1.165, 1.54) is 6.92 Å². The van der Waals surface area contributed by atoms with Crippen LogP contribution in [-0.4, -0.2) is 31.2 Å². The summed E-state index contributed by atoms with van der Waals surface area (Å²) in [6.45, 7) is 1.18. The van der Waals surface area contributed by atoms with E-state index in [0.717, 1.165) is 12.3 Å². The molecule has 1 aromatic rings. The highest BCUT2D eigenvalue weighted by Gasteiger charge is 2.17. The second-order valence-electron chi connectivity index (χ2n) is 3.22. The second-order valence-corrected chi connectivity index (χ2v) is 5.34. The lowest BCUT2D eigenvalue weighted by molar-refractivity contribution is 0.265. The molecule has 0 aliphatic heterocycles. The molecule has 0 saturated carbocycles. The van der Waals surface area contributed by atoms with Gasteiger partial charge in [0.05, 0.1) is 11.5 Å². The van der Waals surface area contributed by atoms with Crippen LogP contribution in [0.4, 0.5) is 0 Å². The highest BCUT2D eigenvalue weighted by atomic mass is 35.5. The van der Waals surface area contributed by atoms with Crippen LogP contribution in [-0.2, 0) is 10.0 Å². The van der Waals surface area contributed by atoms with E-state index in [1.54, 1.807) is 0 Å². The molecule has 0 unspecified atom stereocenters. The smallest absolute Gasteiger partial charge is 0.266 e. The Balaban J connectivity index is 3.08. The number of halogens is 1. The standard InChI is InChI=1S/C8H11ClN2O4S/c1-5(4-12)11-16(14,15)6-2-7(9)8(13)10-3-6/h2-3,5,11-12H,4H2,1H3,(H,10,13)/t5-/m0/s1.